The second-order valence-corrected chi connectivity index (χ2v) is 3.14. The molecule has 0 aliphatic heterocycles. The fraction of sp³-hybridized carbons (Fsp3) is 0.100. The zero-order valence-corrected chi connectivity index (χ0v) is 7.64. The van der Waals surface area contributed by atoms with Crippen molar-refractivity contribution >= 4 is 15.0 Å². The lowest BCUT2D eigenvalue weighted by Gasteiger charge is -2.08. The summed E-state index contributed by atoms with van der Waals surface area (Å²) in [6.45, 7) is 0. The zero-order valence-electron chi connectivity index (χ0n) is 6.22. The van der Waals surface area contributed by atoms with E-state index < -0.39 is 0 Å². The first-order valence-electron chi connectivity index (χ1n) is 3.31. The van der Waals surface area contributed by atoms with Crippen LogP contribution in [0.15, 0.2) is 23.3 Å². The predicted octanol–water partition coefficient (Wildman–Crippen LogP) is 0.315. The maximum Gasteiger partial charge on any atom is 0.0394 e. The molecule has 0 nitrogen and oxygen atoms in total. The molecule has 0 aromatic heterocycles. The van der Waals surface area contributed by atoms with Crippen molar-refractivity contribution < 1.29 is 0 Å². The summed E-state index contributed by atoms with van der Waals surface area (Å²) in [5.74, 6) is 5.18. The molecule has 0 spiro atoms. The molecule has 1 heteroatoms. The highest BCUT2D eigenvalue weighted by Gasteiger charge is 2.06. The Labute approximate surface area is 70.0 Å². The van der Waals surface area contributed by atoms with E-state index in [1.54, 1.807) is 0 Å². The first kappa shape index (κ1) is 7.79. The van der Waals surface area contributed by atoms with Gasteiger partial charge >= 0.3 is 0 Å². The van der Waals surface area contributed by atoms with Crippen LogP contribution in [0.3, 0.4) is 0 Å². The quantitative estimate of drug-likeness (QED) is 0.350. The Bertz CT molecular complexity index is 329. The minimum Gasteiger partial charge on any atom is -0.115 e. The van der Waals surface area contributed by atoms with Crippen molar-refractivity contribution in [2.24, 2.45) is 0 Å². The highest BCUT2D eigenvalue weighted by atomic mass is 28.1. The van der Waals surface area contributed by atoms with Crippen molar-refractivity contribution in [2.75, 3.05) is 0 Å². The molecular weight excluding hydrogens is 148 g/mol. The maximum atomic E-state index is 5.31. The standard InChI is InChI=1S/C10H8Si/c1-3-8-6-5-7-10(11)9(8)4-2/h1-2,5-6H,7,11H2. The lowest BCUT2D eigenvalue weighted by Crippen LogP contribution is -2.06. The Balaban J connectivity index is 3.21. The van der Waals surface area contributed by atoms with Gasteiger partial charge in [-0.25, -0.2) is 0 Å². The van der Waals surface area contributed by atoms with Crippen molar-refractivity contribution in [3.63, 3.8) is 0 Å². The van der Waals surface area contributed by atoms with E-state index in [1.807, 2.05) is 22.0 Å². The van der Waals surface area contributed by atoms with Gasteiger partial charge in [-0.05, 0) is 22.4 Å². The zero-order chi connectivity index (χ0) is 8.27. The molecule has 1 aliphatic rings. The summed E-state index contributed by atoms with van der Waals surface area (Å²) in [6.07, 6.45) is 15.5. The van der Waals surface area contributed by atoms with E-state index in [2.05, 4.69) is 11.8 Å². The Kier molecular flexibility index (Phi) is 2.26. The van der Waals surface area contributed by atoms with E-state index in [1.165, 1.54) is 5.17 Å². The molecule has 52 valence electrons. The third-order valence-electron chi connectivity index (χ3n) is 1.57. The van der Waals surface area contributed by atoms with E-state index in [0.717, 1.165) is 17.6 Å². The summed E-state index contributed by atoms with van der Waals surface area (Å²) < 4.78 is 0. The van der Waals surface area contributed by atoms with Crippen LogP contribution in [0.4, 0.5) is 0 Å². The Hall–Kier alpha value is -1.31. The molecule has 0 N–H and O–H groups in total. The minimum atomic E-state index is 0.837. The van der Waals surface area contributed by atoms with Crippen LogP contribution < -0.4 is 0 Å². The lowest BCUT2D eigenvalue weighted by atomic mass is 9.98. The number of allylic oxidation sites excluding steroid dienone is 4. The van der Waals surface area contributed by atoms with Crippen molar-refractivity contribution in [3.05, 3.63) is 23.3 Å². The van der Waals surface area contributed by atoms with Gasteiger partial charge in [0, 0.05) is 11.1 Å². The molecule has 0 radical (unpaired) electrons. The first-order valence-corrected chi connectivity index (χ1v) is 4.02. The highest BCUT2D eigenvalue weighted by molar-refractivity contribution is 6.45. The smallest absolute Gasteiger partial charge is 0.0394 e. The second-order valence-electron chi connectivity index (χ2n) is 2.29. The Morgan fingerprint density at radius 3 is 2.55 bits per heavy atom. The van der Waals surface area contributed by atoms with Crippen molar-refractivity contribution in [2.45, 2.75) is 6.42 Å². The molecule has 0 bridgehead atoms. The van der Waals surface area contributed by atoms with Gasteiger partial charge < -0.3 is 0 Å². The van der Waals surface area contributed by atoms with E-state index in [4.69, 9.17) is 12.8 Å². The number of rotatable bonds is 0. The predicted molar refractivity (Wildman–Crippen MR) is 52.0 cm³/mol. The molecule has 1 rings (SSSR count). The lowest BCUT2D eigenvalue weighted by molar-refractivity contribution is 1.44. The van der Waals surface area contributed by atoms with Gasteiger partial charge in [-0.2, -0.15) is 0 Å². The van der Waals surface area contributed by atoms with Crippen LogP contribution in [-0.4, -0.2) is 15.0 Å². The van der Waals surface area contributed by atoms with E-state index >= 15 is 0 Å². The van der Waals surface area contributed by atoms with Crippen molar-refractivity contribution in [1.29, 1.82) is 0 Å². The molecule has 1 aliphatic carbocycles. The topological polar surface area (TPSA) is 0 Å². The van der Waals surface area contributed by atoms with Crippen LogP contribution in [0.25, 0.3) is 0 Å². The monoisotopic (exact) mass is 156 g/mol. The molecule has 11 heavy (non-hydrogen) atoms. The second kappa shape index (κ2) is 3.19. The maximum absolute atomic E-state index is 5.31. The molecule has 0 aromatic rings. The van der Waals surface area contributed by atoms with Crippen LogP contribution in [-0.2, 0) is 0 Å². The van der Waals surface area contributed by atoms with Crippen molar-refractivity contribution in [1.82, 2.24) is 0 Å². The molecule has 0 fully saturated rings. The number of hydrogen-bond acceptors (Lipinski definition) is 0. The molecule has 0 saturated carbocycles. The summed E-state index contributed by atoms with van der Waals surface area (Å²) in [6, 6.07) is 0. The fourth-order valence-electron chi connectivity index (χ4n) is 0.995. The first-order chi connectivity index (χ1) is 5.29. The SMILES string of the molecule is C#CC1=C(C#C)C(=[SiH2])CC=C1. The fourth-order valence-corrected chi connectivity index (χ4v) is 1.45. The van der Waals surface area contributed by atoms with Gasteiger partial charge in [0.1, 0.15) is 0 Å². The van der Waals surface area contributed by atoms with Crippen LogP contribution in [0, 0.1) is 24.7 Å². The van der Waals surface area contributed by atoms with Crippen LogP contribution in [0.1, 0.15) is 6.42 Å². The molecule has 0 amide bonds. The summed E-state index contributed by atoms with van der Waals surface area (Å²) in [4.78, 5) is 0. The molecule has 0 saturated heterocycles. The Morgan fingerprint density at radius 2 is 2.09 bits per heavy atom. The summed E-state index contributed by atoms with van der Waals surface area (Å²) in [5.41, 5.74) is 1.73. The van der Waals surface area contributed by atoms with Gasteiger partial charge in [-0.15, -0.1) is 12.8 Å². The molecule has 0 aromatic carbocycles. The molecule has 0 heterocycles. The average molecular weight is 156 g/mol. The van der Waals surface area contributed by atoms with Crippen LogP contribution in [0.5, 0.6) is 0 Å². The van der Waals surface area contributed by atoms with Gasteiger partial charge in [0.05, 0.1) is 0 Å². The minimum absolute atomic E-state index is 0.837. The van der Waals surface area contributed by atoms with Gasteiger partial charge in [0.15, 0.2) is 0 Å². The van der Waals surface area contributed by atoms with Gasteiger partial charge in [0.25, 0.3) is 0 Å². The largest absolute Gasteiger partial charge is 0.115 e. The third kappa shape index (κ3) is 1.39. The van der Waals surface area contributed by atoms with Gasteiger partial charge in [-0.1, -0.05) is 23.1 Å². The molecule has 0 unspecified atom stereocenters. The van der Waals surface area contributed by atoms with Crippen LogP contribution >= 0.6 is 0 Å². The molecular formula is C10H8Si. The van der Waals surface area contributed by atoms with E-state index in [9.17, 15) is 0 Å². The van der Waals surface area contributed by atoms with E-state index in [0.29, 0.717) is 0 Å². The normalized spacial score (nSPS) is 16.0. The summed E-state index contributed by atoms with van der Waals surface area (Å²) in [7, 11) is 1.81. The highest BCUT2D eigenvalue weighted by Crippen LogP contribution is 2.13. The molecule has 0 atom stereocenters. The summed E-state index contributed by atoms with van der Waals surface area (Å²) in [5, 5.41) is 1.21. The third-order valence-corrected chi connectivity index (χ3v) is 2.21. The summed E-state index contributed by atoms with van der Waals surface area (Å²) >= 11 is 0. The van der Waals surface area contributed by atoms with Gasteiger partial charge in [-0.3, -0.25) is 0 Å². The Morgan fingerprint density at radius 1 is 1.36 bits per heavy atom. The van der Waals surface area contributed by atoms with Gasteiger partial charge in [0.2, 0.25) is 0 Å². The van der Waals surface area contributed by atoms with E-state index in [-0.39, 0.29) is 0 Å². The van der Waals surface area contributed by atoms with Crippen LogP contribution in [0.2, 0.25) is 0 Å². The average Bonchev–Trinajstić information content (AvgIpc) is 2.04. The van der Waals surface area contributed by atoms with Crippen molar-refractivity contribution in [3.8, 4) is 24.7 Å². The number of terminal acetylenes is 2. The number of hydrogen-bond donors (Lipinski definition) is 0.